The standard InChI is InChI=1S/C23H25N3O/c1-25-12-14-26(15-13-25)22-10-8-21(9-11-22)24-23(27)17-18-6-7-19-4-2-3-5-20(19)16-18/h2-11,16H,12-15,17H2,1H3,(H,24,27). The van der Waals surface area contributed by atoms with Gasteiger partial charge >= 0.3 is 0 Å². The molecule has 0 saturated carbocycles. The highest BCUT2D eigenvalue weighted by molar-refractivity contribution is 5.93. The first-order valence-corrected chi connectivity index (χ1v) is 9.48. The lowest BCUT2D eigenvalue weighted by Gasteiger charge is -2.34. The summed E-state index contributed by atoms with van der Waals surface area (Å²) in [5.41, 5.74) is 3.09. The van der Waals surface area contributed by atoms with Crippen LogP contribution in [0.4, 0.5) is 11.4 Å². The molecule has 1 aliphatic heterocycles. The van der Waals surface area contributed by atoms with E-state index in [0.29, 0.717) is 6.42 Å². The van der Waals surface area contributed by atoms with Crippen LogP contribution in [0, 0.1) is 0 Å². The van der Waals surface area contributed by atoms with Crippen molar-refractivity contribution in [1.82, 2.24) is 4.90 Å². The Morgan fingerprint density at radius 3 is 2.33 bits per heavy atom. The second-order valence-electron chi connectivity index (χ2n) is 7.24. The maximum Gasteiger partial charge on any atom is 0.228 e. The first-order chi connectivity index (χ1) is 13.2. The minimum atomic E-state index is 0.0117. The van der Waals surface area contributed by atoms with Crippen molar-refractivity contribution in [3.05, 3.63) is 72.3 Å². The number of hydrogen-bond acceptors (Lipinski definition) is 3. The first kappa shape index (κ1) is 17.6. The highest BCUT2D eigenvalue weighted by atomic mass is 16.1. The molecule has 0 atom stereocenters. The van der Waals surface area contributed by atoms with Crippen molar-refractivity contribution < 1.29 is 4.79 Å². The van der Waals surface area contributed by atoms with Gasteiger partial charge in [-0.2, -0.15) is 0 Å². The molecule has 1 heterocycles. The summed E-state index contributed by atoms with van der Waals surface area (Å²) < 4.78 is 0. The number of hydrogen-bond donors (Lipinski definition) is 1. The molecule has 4 rings (SSSR count). The Bertz CT molecular complexity index is 928. The smallest absolute Gasteiger partial charge is 0.228 e. The summed E-state index contributed by atoms with van der Waals surface area (Å²) >= 11 is 0. The fourth-order valence-electron chi connectivity index (χ4n) is 3.56. The summed E-state index contributed by atoms with van der Waals surface area (Å²) in [4.78, 5) is 17.1. The van der Waals surface area contributed by atoms with E-state index in [9.17, 15) is 4.79 Å². The van der Waals surface area contributed by atoms with Gasteiger partial charge in [0.2, 0.25) is 5.91 Å². The molecular weight excluding hydrogens is 334 g/mol. The molecule has 0 radical (unpaired) electrons. The second kappa shape index (κ2) is 7.80. The number of piperazine rings is 1. The first-order valence-electron chi connectivity index (χ1n) is 9.48. The van der Waals surface area contributed by atoms with Gasteiger partial charge < -0.3 is 15.1 Å². The molecule has 1 N–H and O–H groups in total. The van der Waals surface area contributed by atoms with Crippen LogP contribution in [0.2, 0.25) is 0 Å². The van der Waals surface area contributed by atoms with Crippen LogP contribution >= 0.6 is 0 Å². The number of amides is 1. The minimum absolute atomic E-state index is 0.0117. The van der Waals surface area contributed by atoms with E-state index < -0.39 is 0 Å². The molecule has 0 aromatic heterocycles. The molecule has 138 valence electrons. The highest BCUT2D eigenvalue weighted by Gasteiger charge is 2.14. The second-order valence-corrected chi connectivity index (χ2v) is 7.24. The predicted molar refractivity (Wildman–Crippen MR) is 112 cm³/mol. The summed E-state index contributed by atoms with van der Waals surface area (Å²) in [6, 6.07) is 22.6. The number of likely N-dealkylation sites (N-methyl/N-ethyl adjacent to an activating group) is 1. The van der Waals surface area contributed by atoms with Crippen molar-refractivity contribution >= 4 is 28.1 Å². The van der Waals surface area contributed by atoms with Gasteiger partial charge in [0.05, 0.1) is 6.42 Å². The number of anilines is 2. The predicted octanol–water partition coefficient (Wildman–Crippen LogP) is 3.77. The summed E-state index contributed by atoms with van der Waals surface area (Å²) in [7, 11) is 2.16. The van der Waals surface area contributed by atoms with E-state index in [0.717, 1.165) is 37.4 Å². The molecule has 0 bridgehead atoms. The molecule has 27 heavy (non-hydrogen) atoms. The van der Waals surface area contributed by atoms with Crippen LogP contribution in [0.5, 0.6) is 0 Å². The van der Waals surface area contributed by atoms with Crippen LogP contribution in [0.1, 0.15) is 5.56 Å². The van der Waals surface area contributed by atoms with Gasteiger partial charge in [0, 0.05) is 37.6 Å². The van der Waals surface area contributed by atoms with Crippen LogP contribution < -0.4 is 10.2 Å². The average Bonchev–Trinajstić information content (AvgIpc) is 2.69. The Balaban J connectivity index is 1.37. The van der Waals surface area contributed by atoms with E-state index in [1.54, 1.807) is 0 Å². The lowest BCUT2D eigenvalue weighted by molar-refractivity contribution is -0.115. The number of benzene rings is 3. The molecular formula is C23H25N3O. The van der Waals surface area contributed by atoms with E-state index in [1.807, 2.05) is 30.3 Å². The molecule has 3 aromatic rings. The van der Waals surface area contributed by atoms with Gasteiger partial charge in [-0.25, -0.2) is 0 Å². The van der Waals surface area contributed by atoms with E-state index in [4.69, 9.17) is 0 Å². The van der Waals surface area contributed by atoms with Gasteiger partial charge in [0.1, 0.15) is 0 Å². The largest absolute Gasteiger partial charge is 0.369 e. The Kier molecular flexibility index (Phi) is 5.07. The lowest BCUT2D eigenvalue weighted by Crippen LogP contribution is -2.44. The fourth-order valence-corrected chi connectivity index (χ4v) is 3.56. The zero-order chi connectivity index (χ0) is 18.6. The SMILES string of the molecule is CN1CCN(c2ccc(NC(=O)Cc3ccc4ccccc4c3)cc2)CC1. The molecule has 4 heteroatoms. The average molecular weight is 359 g/mol. The van der Waals surface area contributed by atoms with Crippen molar-refractivity contribution in [3.63, 3.8) is 0 Å². The van der Waals surface area contributed by atoms with Crippen LogP contribution in [0.3, 0.4) is 0 Å². The summed E-state index contributed by atoms with van der Waals surface area (Å²) in [6.45, 7) is 4.27. The number of carbonyl (C=O) groups excluding carboxylic acids is 1. The van der Waals surface area contributed by atoms with Crippen LogP contribution in [-0.2, 0) is 11.2 Å². The third-order valence-electron chi connectivity index (χ3n) is 5.20. The monoisotopic (exact) mass is 359 g/mol. The van der Waals surface area contributed by atoms with Gasteiger partial charge in [-0.3, -0.25) is 4.79 Å². The highest BCUT2D eigenvalue weighted by Crippen LogP contribution is 2.20. The maximum atomic E-state index is 12.4. The van der Waals surface area contributed by atoms with Crippen molar-refractivity contribution in [2.24, 2.45) is 0 Å². The molecule has 1 fully saturated rings. The van der Waals surface area contributed by atoms with Crippen molar-refractivity contribution in [2.75, 3.05) is 43.4 Å². The zero-order valence-corrected chi connectivity index (χ0v) is 15.7. The normalized spacial score (nSPS) is 15.1. The Morgan fingerprint density at radius 2 is 1.59 bits per heavy atom. The molecule has 0 aliphatic carbocycles. The van der Waals surface area contributed by atoms with Crippen molar-refractivity contribution in [1.29, 1.82) is 0 Å². The molecule has 0 spiro atoms. The Hall–Kier alpha value is -2.85. The van der Waals surface area contributed by atoms with Crippen LogP contribution in [0.15, 0.2) is 66.7 Å². The van der Waals surface area contributed by atoms with Gasteiger partial charge in [0.25, 0.3) is 0 Å². The summed E-state index contributed by atoms with van der Waals surface area (Å²) in [6.07, 6.45) is 0.380. The topological polar surface area (TPSA) is 35.6 Å². The van der Waals surface area contributed by atoms with Crippen molar-refractivity contribution in [2.45, 2.75) is 6.42 Å². The van der Waals surface area contributed by atoms with E-state index >= 15 is 0 Å². The zero-order valence-electron chi connectivity index (χ0n) is 15.7. The van der Waals surface area contributed by atoms with Crippen LogP contribution in [-0.4, -0.2) is 44.0 Å². The fraction of sp³-hybridized carbons (Fsp3) is 0.261. The van der Waals surface area contributed by atoms with Crippen LogP contribution in [0.25, 0.3) is 10.8 Å². The minimum Gasteiger partial charge on any atom is -0.369 e. The number of fused-ring (bicyclic) bond motifs is 1. The molecule has 1 aliphatic rings. The van der Waals surface area contributed by atoms with Gasteiger partial charge in [0.15, 0.2) is 0 Å². The number of nitrogens with zero attached hydrogens (tertiary/aromatic N) is 2. The molecule has 1 amide bonds. The summed E-state index contributed by atoms with van der Waals surface area (Å²) in [5, 5.41) is 5.37. The Labute approximate surface area is 160 Å². The maximum absolute atomic E-state index is 12.4. The van der Waals surface area contributed by atoms with Gasteiger partial charge in [-0.05, 0) is 47.6 Å². The van der Waals surface area contributed by atoms with Crippen molar-refractivity contribution in [3.8, 4) is 0 Å². The van der Waals surface area contributed by atoms with Gasteiger partial charge in [-0.15, -0.1) is 0 Å². The summed E-state index contributed by atoms with van der Waals surface area (Å²) in [5.74, 6) is 0.0117. The molecule has 0 unspecified atom stereocenters. The van der Waals surface area contributed by atoms with Gasteiger partial charge in [-0.1, -0.05) is 42.5 Å². The number of carbonyl (C=O) groups is 1. The molecule has 1 saturated heterocycles. The molecule has 4 nitrogen and oxygen atoms in total. The quantitative estimate of drug-likeness (QED) is 0.770. The third kappa shape index (κ3) is 4.29. The number of rotatable bonds is 4. The number of nitrogens with one attached hydrogen (secondary N) is 1. The molecule has 3 aromatic carbocycles. The lowest BCUT2D eigenvalue weighted by atomic mass is 10.0. The third-order valence-corrected chi connectivity index (χ3v) is 5.20. The Morgan fingerprint density at radius 1 is 0.889 bits per heavy atom. The van der Waals surface area contributed by atoms with E-state index in [2.05, 4.69) is 58.6 Å². The van der Waals surface area contributed by atoms with E-state index in [-0.39, 0.29) is 5.91 Å². The van der Waals surface area contributed by atoms with E-state index in [1.165, 1.54) is 16.5 Å².